The Hall–Kier alpha value is -2.47. The molecule has 27 heavy (non-hydrogen) atoms. The van der Waals surface area contributed by atoms with Gasteiger partial charge < -0.3 is 4.98 Å². The number of aromatic amines is 1. The van der Waals surface area contributed by atoms with E-state index in [4.69, 9.17) is 0 Å². The molecule has 1 heterocycles. The van der Waals surface area contributed by atoms with Crippen molar-refractivity contribution in [2.45, 2.75) is 12.8 Å². The zero-order valence-corrected chi connectivity index (χ0v) is 16.7. The molecule has 0 fully saturated rings. The molecular weight excluding hydrogens is 452 g/mol. The summed E-state index contributed by atoms with van der Waals surface area (Å²) in [5.74, 6) is -0.277. The second kappa shape index (κ2) is 7.64. The molecule has 134 valence electrons. The summed E-state index contributed by atoms with van der Waals surface area (Å²) in [6, 6.07) is 22.4. The van der Waals surface area contributed by atoms with Gasteiger partial charge in [0, 0.05) is 26.5 Å². The van der Waals surface area contributed by atoms with Gasteiger partial charge in [0.15, 0.2) is 5.78 Å². The number of carbonyl (C=O) groups excluding carboxylic acids is 1. The molecule has 4 heteroatoms. The molecule has 4 rings (SSSR count). The number of ketones is 1. The van der Waals surface area contributed by atoms with Crippen LogP contribution in [0.15, 0.2) is 72.8 Å². The summed E-state index contributed by atoms with van der Waals surface area (Å²) in [5, 5.41) is 0.735. The minimum atomic E-state index is -0.309. The van der Waals surface area contributed by atoms with Gasteiger partial charge in [-0.2, -0.15) is 0 Å². The van der Waals surface area contributed by atoms with Crippen molar-refractivity contribution in [2.24, 2.45) is 0 Å². The van der Waals surface area contributed by atoms with E-state index in [9.17, 15) is 9.18 Å². The highest BCUT2D eigenvalue weighted by atomic mass is 127. The van der Waals surface area contributed by atoms with Crippen LogP contribution in [0.2, 0.25) is 0 Å². The largest absolute Gasteiger partial charge is 0.352 e. The number of hydrogen-bond donors (Lipinski definition) is 1. The van der Waals surface area contributed by atoms with Crippen molar-refractivity contribution in [3.05, 3.63) is 93.4 Å². The van der Waals surface area contributed by atoms with Crippen molar-refractivity contribution in [3.63, 3.8) is 0 Å². The van der Waals surface area contributed by atoms with Gasteiger partial charge in [0.1, 0.15) is 5.82 Å². The molecule has 0 atom stereocenters. The van der Waals surface area contributed by atoms with Crippen molar-refractivity contribution in [3.8, 4) is 11.1 Å². The molecule has 0 aliphatic heterocycles. The summed E-state index contributed by atoms with van der Waals surface area (Å²) in [7, 11) is 0. The van der Waals surface area contributed by atoms with Gasteiger partial charge in [-0.1, -0.05) is 42.5 Å². The van der Waals surface area contributed by atoms with E-state index in [1.165, 1.54) is 12.1 Å². The highest BCUT2D eigenvalue weighted by Crippen LogP contribution is 2.33. The van der Waals surface area contributed by atoms with Gasteiger partial charge in [-0.25, -0.2) is 4.39 Å². The molecule has 0 radical (unpaired) electrons. The van der Waals surface area contributed by atoms with Crippen molar-refractivity contribution in [1.29, 1.82) is 0 Å². The van der Waals surface area contributed by atoms with Crippen LogP contribution < -0.4 is 0 Å². The maximum Gasteiger partial charge on any atom is 0.180 e. The van der Waals surface area contributed by atoms with Crippen LogP contribution in [0.3, 0.4) is 0 Å². The van der Waals surface area contributed by atoms with Crippen molar-refractivity contribution < 1.29 is 9.18 Å². The molecule has 3 aromatic carbocycles. The molecular formula is C23H17FINO. The van der Waals surface area contributed by atoms with E-state index >= 15 is 0 Å². The zero-order chi connectivity index (χ0) is 18.8. The monoisotopic (exact) mass is 469 g/mol. The van der Waals surface area contributed by atoms with Crippen molar-refractivity contribution in [2.75, 3.05) is 0 Å². The van der Waals surface area contributed by atoms with Gasteiger partial charge in [0.05, 0.1) is 5.69 Å². The molecule has 0 bridgehead atoms. The van der Waals surface area contributed by atoms with E-state index in [-0.39, 0.29) is 11.6 Å². The summed E-state index contributed by atoms with van der Waals surface area (Å²) in [5.41, 5.74) is 4.14. The Balaban J connectivity index is 1.73. The average molecular weight is 469 g/mol. The van der Waals surface area contributed by atoms with Gasteiger partial charge in [0.25, 0.3) is 0 Å². The van der Waals surface area contributed by atoms with Crippen LogP contribution >= 0.6 is 22.6 Å². The number of fused-ring (bicyclic) bond motifs is 1. The number of benzene rings is 3. The molecule has 0 saturated carbocycles. The highest BCUT2D eigenvalue weighted by molar-refractivity contribution is 14.1. The minimum Gasteiger partial charge on any atom is -0.352 e. The number of rotatable bonds is 5. The second-order valence-corrected chi connectivity index (χ2v) is 7.73. The third kappa shape index (κ3) is 3.81. The molecule has 1 aromatic heterocycles. The number of halogens is 2. The smallest absolute Gasteiger partial charge is 0.180 e. The molecule has 1 N–H and O–H groups in total. The number of carbonyl (C=O) groups is 1. The Morgan fingerprint density at radius 2 is 1.78 bits per heavy atom. The topological polar surface area (TPSA) is 32.9 Å². The number of Topliss-reactive ketones (excluding diaryl/α,β-unsaturated/α-hetero) is 1. The molecule has 0 spiro atoms. The zero-order valence-electron chi connectivity index (χ0n) is 14.5. The van der Waals surface area contributed by atoms with Gasteiger partial charge in [-0.15, -0.1) is 0 Å². The van der Waals surface area contributed by atoms with Crippen LogP contribution in [0.1, 0.15) is 22.5 Å². The first-order valence-electron chi connectivity index (χ1n) is 8.76. The van der Waals surface area contributed by atoms with Crippen LogP contribution in [-0.2, 0) is 6.42 Å². The number of nitrogens with one attached hydrogen (secondary N) is 1. The minimum absolute atomic E-state index is 0.0318. The summed E-state index contributed by atoms with van der Waals surface area (Å²) in [4.78, 5) is 16.2. The standard InChI is InChI=1S/C23H17FINO/c24-17-10-11-20-19(14-17)22(16-6-2-1-3-7-16)23(26-20)21(27)12-9-15-5-4-8-18(25)13-15/h1-8,10-11,13-14,26H,9,12H2. The van der Waals surface area contributed by atoms with E-state index in [1.807, 2.05) is 48.5 Å². The number of hydrogen-bond acceptors (Lipinski definition) is 1. The van der Waals surface area contributed by atoms with Crippen molar-refractivity contribution >= 4 is 39.3 Å². The number of aryl methyl sites for hydroxylation is 1. The van der Waals surface area contributed by atoms with Crippen LogP contribution in [0.25, 0.3) is 22.0 Å². The van der Waals surface area contributed by atoms with E-state index in [2.05, 4.69) is 33.6 Å². The summed E-state index contributed by atoms with van der Waals surface area (Å²) in [6.45, 7) is 0. The summed E-state index contributed by atoms with van der Waals surface area (Å²) >= 11 is 2.27. The average Bonchev–Trinajstić information content (AvgIpc) is 3.05. The van der Waals surface area contributed by atoms with E-state index in [0.29, 0.717) is 18.5 Å². The Labute approximate surface area is 170 Å². The Bertz CT molecular complexity index is 1120. The second-order valence-electron chi connectivity index (χ2n) is 6.48. The fraction of sp³-hybridized carbons (Fsp3) is 0.0870. The summed E-state index contributed by atoms with van der Waals surface area (Å²) in [6.07, 6.45) is 1.07. The van der Waals surface area contributed by atoms with Crippen molar-refractivity contribution in [1.82, 2.24) is 4.98 Å². The molecule has 0 amide bonds. The van der Waals surface area contributed by atoms with Gasteiger partial charge in [-0.05, 0) is 70.5 Å². The van der Waals surface area contributed by atoms with Crippen LogP contribution in [0, 0.1) is 9.39 Å². The third-order valence-electron chi connectivity index (χ3n) is 4.63. The third-order valence-corrected chi connectivity index (χ3v) is 5.30. The lowest BCUT2D eigenvalue weighted by Gasteiger charge is -2.06. The fourth-order valence-corrected chi connectivity index (χ4v) is 3.96. The predicted molar refractivity (Wildman–Crippen MR) is 116 cm³/mol. The van der Waals surface area contributed by atoms with Crippen LogP contribution in [-0.4, -0.2) is 10.8 Å². The molecule has 0 unspecified atom stereocenters. The first-order valence-corrected chi connectivity index (χ1v) is 9.84. The predicted octanol–water partition coefficient (Wildman–Crippen LogP) is 6.39. The highest BCUT2D eigenvalue weighted by Gasteiger charge is 2.19. The number of aromatic nitrogens is 1. The van der Waals surface area contributed by atoms with Crippen LogP contribution in [0.5, 0.6) is 0 Å². The maximum absolute atomic E-state index is 13.9. The first kappa shape index (κ1) is 17.9. The lowest BCUT2D eigenvalue weighted by Crippen LogP contribution is -2.03. The van der Waals surface area contributed by atoms with E-state index < -0.39 is 0 Å². The summed E-state index contributed by atoms with van der Waals surface area (Å²) < 4.78 is 15.0. The maximum atomic E-state index is 13.9. The van der Waals surface area contributed by atoms with Gasteiger partial charge in [-0.3, -0.25) is 4.79 Å². The first-order chi connectivity index (χ1) is 13.1. The van der Waals surface area contributed by atoms with Crippen LogP contribution in [0.4, 0.5) is 4.39 Å². The molecule has 4 aromatic rings. The molecule has 0 aliphatic rings. The van der Waals surface area contributed by atoms with Gasteiger partial charge >= 0.3 is 0 Å². The quantitative estimate of drug-likeness (QED) is 0.267. The molecule has 0 saturated heterocycles. The lowest BCUT2D eigenvalue weighted by atomic mass is 9.98. The Kier molecular flexibility index (Phi) is 5.07. The van der Waals surface area contributed by atoms with E-state index in [0.717, 1.165) is 31.2 Å². The van der Waals surface area contributed by atoms with Gasteiger partial charge in [0.2, 0.25) is 0 Å². The molecule has 2 nitrogen and oxygen atoms in total. The number of H-pyrrole nitrogens is 1. The SMILES string of the molecule is O=C(CCc1cccc(I)c1)c1[nH]c2ccc(F)cc2c1-c1ccccc1. The van der Waals surface area contributed by atoms with E-state index in [1.54, 1.807) is 6.07 Å². The fourth-order valence-electron chi connectivity index (χ4n) is 3.35. The normalized spacial score (nSPS) is 11.0. The molecule has 0 aliphatic carbocycles. The lowest BCUT2D eigenvalue weighted by molar-refractivity contribution is 0.0979. The Morgan fingerprint density at radius 1 is 0.963 bits per heavy atom. The Morgan fingerprint density at radius 3 is 2.56 bits per heavy atom.